The molecule has 2 heterocycles. The summed E-state index contributed by atoms with van der Waals surface area (Å²) in [4.78, 5) is 19.1. The van der Waals surface area contributed by atoms with Crippen LogP contribution in [0.5, 0.6) is 0 Å². The van der Waals surface area contributed by atoms with E-state index in [1.165, 1.54) is 35.0 Å². The van der Waals surface area contributed by atoms with Crippen molar-refractivity contribution < 1.29 is 0 Å². The number of fused-ring (bicyclic) bond motifs is 4. The number of aromatic amines is 2. The summed E-state index contributed by atoms with van der Waals surface area (Å²) < 4.78 is 0. The summed E-state index contributed by atoms with van der Waals surface area (Å²) in [5.74, 6) is 0.782. The zero-order chi connectivity index (χ0) is 19.6. The number of pyridine rings is 1. The Kier molecular flexibility index (Phi) is 4.82. The Hall–Kier alpha value is -3.05. The maximum absolute atomic E-state index is 12.2. The minimum absolute atomic E-state index is 0.0496. The van der Waals surface area contributed by atoms with E-state index in [2.05, 4.69) is 44.9 Å². The molecule has 4 aromatic rings. The summed E-state index contributed by atoms with van der Waals surface area (Å²) in [6.07, 6.45) is 4.55. The van der Waals surface area contributed by atoms with Crippen molar-refractivity contribution in [2.45, 2.75) is 31.7 Å². The highest BCUT2D eigenvalue weighted by atomic mass is 16.1. The molecule has 0 fully saturated rings. The van der Waals surface area contributed by atoms with Crippen LogP contribution in [-0.2, 0) is 6.42 Å². The third-order valence-corrected chi connectivity index (χ3v) is 5.91. The van der Waals surface area contributed by atoms with Crippen LogP contribution in [0.1, 0.15) is 36.6 Å². The maximum atomic E-state index is 12.2. The van der Waals surface area contributed by atoms with Gasteiger partial charge in [-0.15, -0.1) is 0 Å². The molecule has 0 saturated carbocycles. The summed E-state index contributed by atoms with van der Waals surface area (Å²) in [6.45, 7) is 1.75. The molecule has 1 aliphatic carbocycles. The Bertz CT molecular complexity index is 1210. The van der Waals surface area contributed by atoms with Crippen molar-refractivity contribution in [1.29, 1.82) is 0 Å². The van der Waals surface area contributed by atoms with Gasteiger partial charge in [0.1, 0.15) is 5.82 Å². The number of benzene rings is 2. The zero-order valence-electron chi connectivity index (χ0n) is 16.4. The van der Waals surface area contributed by atoms with Gasteiger partial charge in [-0.2, -0.15) is 0 Å². The van der Waals surface area contributed by atoms with Crippen molar-refractivity contribution in [2.24, 2.45) is 0 Å². The van der Waals surface area contributed by atoms with E-state index in [1.807, 2.05) is 24.3 Å². The predicted molar refractivity (Wildman–Crippen MR) is 120 cm³/mol. The third kappa shape index (κ3) is 3.54. The van der Waals surface area contributed by atoms with E-state index in [4.69, 9.17) is 0 Å². The van der Waals surface area contributed by atoms with Gasteiger partial charge in [0.05, 0.1) is 5.52 Å². The van der Waals surface area contributed by atoms with Crippen LogP contribution >= 0.6 is 0 Å². The minimum Gasteiger partial charge on any atom is -0.371 e. The molecule has 1 aliphatic rings. The fourth-order valence-corrected chi connectivity index (χ4v) is 4.50. The van der Waals surface area contributed by atoms with Crippen molar-refractivity contribution in [3.63, 3.8) is 0 Å². The lowest BCUT2D eigenvalue weighted by Crippen LogP contribution is -2.27. The highest BCUT2D eigenvalue weighted by Gasteiger charge is 2.23. The normalized spacial score (nSPS) is 16.2. The highest BCUT2D eigenvalue weighted by molar-refractivity contribution is 5.85. The van der Waals surface area contributed by atoms with Gasteiger partial charge >= 0.3 is 0 Å². The van der Waals surface area contributed by atoms with E-state index in [0.29, 0.717) is 6.04 Å². The molecule has 0 bridgehead atoms. The molecular weight excluding hydrogens is 360 g/mol. The van der Waals surface area contributed by atoms with Gasteiger partial charge in [0, 0.05) is 40.6 Å². The van der Waals surface area contributed by atoms with Crippen molar-refractivity contribution in [3.8, 4) is 0 Å². The van der Waals surface area contributed by atoms with Gasteiger partial charge in [-0.25, -0.2) is 0 Å². The topological polar surface area (TPSA) is 72.7 Å². The predicted octanol–water partition coefficient (Wildman–Crippen LogP) is 4.48. The number of aromatic nitrogens is 2. The van der Waals surface area contributed by atoms with Crippen molar-refractivity contribution in [1.82, 2.24) is 15.3 Å². The Morgan fingerprint density at radius 3 is 2.55 bits per heavy atom. The van der Waals surface area contributed by atoms with Crippen molar-refractivity contribution in [2.75, 3.05) is 18.4 Å². The summed E-state index contributed by atoms with van der Waals surface area (Å²) in [5.41, 5.74) is 5.01. The Morgan fingerprint density at radius 2 is 1.69 bits per heavy atom. The average molecular weight is 386 g/mol. The lowest BCUT2D eigenvalue weighted by atomic mass is 9.91. The summed E-state index contributed by atoms with van der Waals surface area (Å²) in [5, 5.41) is 9.17. The molecule has 2 aromatic heterocycles. The zero-order valence-corrected chi connectivity index (χ0v) is 16.4. The van der Waals surface area contributed by atoms with E-state index in [-0.39, 0.29) is 5.43 Å². The fraction of sp³-hybridized carbons (Fsp3) is 0.292. The molecule has 1 atom stereocenters. The molecule has 0 radical (unpaired) electrons. The van der Waals surface area contributed by atoms with Crippen LogP contribution in [-0.4, -0.2) is 23.1 Å². The molecule has 4 N–H and O–H groups in total. The summed E-state index contributed by atoms with van der Waals surface area (Å²) >= 11 is 0. The quantitative estimate of drug-likeness (QED) is 0.369. The smallest absolute Gasteiger partial charge is 0.191 e. The van der Waals surface area contributed by atoms with Crippen LogP contribution in [0.25, 0.3) is 21.8 Å². The molecule has 29 heavy (non-hydrogen) atoms. The Labute approximate surface area is 169 Å². The van der Waals surface area contributed by atoms with Crippen LogP contribution in [0.15, 0.2) is 59.4 Å². The van der Waals surface area contributed by atoms with E-state index in [1.54, 1.807) is 6.07 Å². The number of hydrogen-bond acceptors (Lipinski definition) is 3. The molecule has 0 saturated heterocycles. The fourth-order valence-electron chi connectivity index (χ4n) is 4.50. The van der Waals surface area contributed by atoms with E-state index in [9.17, 15) is 4.79 Å². The number of aryl methyl sites for hydroxylation is 1. The average Bonchev–Trinajstić information content (AvgIpc) is 3.13. The molecule has 148 valence electrons. The lowest BCUT2D eigenvalue weighted by Gasteiger charge is -2.24. The number of anilines is 1. The first-order valence-corrected chi connectivity index (χ1v) is 10.5. The van der Waals surface area contributed by atoms with Crippen LogP contribution in [0, 0.1) is 0 Å². The number of rotatable bonds is 6. The van der Waals surface area contributed by atoms with Crippen LogP contribution in [0.3, 0.4) is 0 Å². The molecule has 0 amide bonds. The lowest BCUT2D eigenvalue weighted by molar-refractivity contribution is 0.452. The minimum atomic E-state index is 0.0496. The van der Waals surface area contributed by atoms with E-state index >= 15 is 0 Å². The molecule has 2 aromatic carbocycles. The molecule has 0 spiro atoms. The summed E-state index contributed by atoms with van der Waals surface area (Å²) in [7, 11) is 0. The largest absolute Gasteiger partial charge is 0.371 e. The van der Waals surface area contributed by atoms with Gasteiger partial charge in [-0.1, -0.05) is 30.3 Å². The van der Waals surface area contributed by atoms with Crippen LogP contribution in [0.2, 0.25) is 0 Å². The van der Waals surface area contributed by atoms with Gasteiger partial charge in [-0.05, 0) is 56.0 Å². The molecule has 5 nitrogen and oxygen atoms in total. The number of H-pyrrole nitrogens is 2. The van der Waals surface area contributed by atoms with Gasteiger partial charge in [-0.3, -0.25) is 4.79 Å². The second kappa shape index (κ2) is 7.76. The van der Waals surface area contributed by atoms with E-state index < -0.39 is 0 Å². The van der Waals surface area contributed by atoms with Crippen LogP contribution in [0.4, 0.5) is 5.82 Å². The van der Waals surface area contributed by atoms with E-state index in [0.717, 1.165) is 42.7 Å². The standard InChI is InChI=1S/C24H26N4O/c29-22-15-23(27-20-11-4-2-8-18(20)22)26-14-6-13-25-21-12-5-9-17-16-7-1-3-10-19(16)28-24(17)21/h1-4,7-8,10-11,15,21,25,28H,5-6,9,12-14H2,(H2,26,27,29). The molecular formula is C24H26N4O. The number of hydrogen-bond donors (Lipinski definition) is 4. The van der Waals surface area contributed by atoms with Gasteiger partial charge in [0.2, 0.25) is 0 Å². The number of nitrogens with one attached hydrogen (secondary N) is 4. The summed E-state index contributed by atoms with van der Waals surface area (Å²) in [6, 6.07) is 18.3. The monoisotopic (exact) mass is 386 g/mol. The van der Waals surface area contributed by atoms with Gasteiger partial charge in [0.15, 0.2) is 5.43 Å². The highest BCUT2D eigenvalue weighted by Crippen LogP contribution is 2.34. The second-order valence-corrected chi connectivity index (χ2v) is 7.83. The molecule has 5 rings (SSSR count). The third-order valence-electron chi connectivity index (χ3n) is 5.91. The first-order valence-electron chi connectivity index (χ1n) is 10.5. The molecule has 5 heteroatoms. The number of para-hydroxylation sites is 2. The van der Waals surface area contributed by atoms with Gasteiger partial charge < -0.3 is 20.6 Å². The van der Waals surface area contributed by atoms with Crippen molar-refractivity contribution in [3.05, 3.63) is 76.1 Å². The molecule has 0 aliphatic heterocycles. The SMILES string of the molecule is O=c1cc(NCCCNC2CCCc3c2[nH]c2ccccc32)[nH]c2ccccc12. The second-order valence-electron chi connectivity index (χ2n) is 7.83. The van der Waals surface area contributed by atoms with Crippen LogP contribution < -0.4 is 16.1 Å². The van der Waals surface area contributed by atoms with Crippen molar-refractivity contribution >= 4 is 27.6 Å². The first kappa shape index (κ1) is 18.0. The first-order chi connectivity index (χ1) is 14.3. The molecule has 1 unspecified atom stereocenters. The van der Waals surface area contributed by atoms with Gasteiger partial charge in [0.25, 0.3) is 0 Å². The maximum Gasteiger partial charge on any atom is 0.191 e. The Balaban J connectivity index is 1.18. The Morgan fingerprint density at radius 1 is 0.931 bits per heavy atom.